The van der Waals surface area contributed by atoms with Crippen LogP contribution in [0.4, 0.5) is 15.8 Å². The van der Waals surface area contributed by atoms with Gasteiger partial charge in [-0.1, -0.05) is 11.6 Å². The summed E-state index contributed by atoms with van der Waals surface area (Å²) in [5, 5.41) is 3.52. The molecule has 5 heteroatoms. The van der Waals surface area contributed by atoms with Crippen LogP contribution < -0.4 is 5.32 Å². The molecule has 2 aromatic rings. The minimum atomic E-state index is -0.491. The highest BCUT2D eigenvalue weighted by Crippen LogP contribution is 2.27. The van der Waals surface area contributed by atoms with Gasteiger partial charge < -0.3 is 10.1 Å². The molecule has 0 saturated heterocycles. The summed E-state index contributed by atoms with van der Waals surface area (Å²) in [7, 11) is 1.30. The Hall–Kier alpha value is -2.07. The summed E-state index contributed by atoms with van der Waals surface area (Å²) in [5.41, 5.74) is 2.31. The fraction of sp³-hybridized carbons (Fsp3) is 0.133. The van der Waals surface area contributed by atoms with Crippen molar-refractivity contribution in [2.75, 3.05) is 12.4 Å². The third-order valence-electron chi connectivity index (χ3n) is 2.84. The number of hydrogen-bond acceptors (Lipinski definition) is 3. The molecule has 0 saturated carbocycles. The van der Waals surface area contributed by atoms with Crippen LogP contribution in [0.3, 0.4) is 0 Å². The quantitative estimate of drug-likeness (QED) is 0.857. The molecule has 0 radical (unpaired) electrons. The van der Waals surface area contributed by atoms with Gasteiger partial charge in [0, 0.05) is 10.7 Å². The summed E-state index contributed by atoms with van der Waals surface area (Å²) < 4.78 is 17.8. The number of carbonyl (C=O) groups excluding carboxylic acids is 1. The number of methoxy groups -OCH3 is 1. The van der Waals surface area contributed by atoms with Crippen molar-refractivity contribution in [3.05, 3.63) is 58.4 Å². The SMILES string of the molecule is COC(=O)c1cc(Cl)ccc1Nc1ccc(F)cc1C. The predicted octanol–water partition coefficient (Wildman–Crippen LogP) is 4.32. The molecule has 20 heavy (non-hydrogen) atoms. The van der Waals surface area contributed by atoms with Crippen LogP contribution in [0.15, 0.2) is 36.4 Å². The first-order valence-electron chi connectivity index (χ1n) is 5.92. The van der Waals surface area contributed by atoms with Gasteiger partial charge in [-0.3, -0.25) is 0 Å². The third kappa shape index (κ3) is 3.08. The molecule has 2 aromatic carbocycles. The molecule has 3 nitrogen and oxygen atoms in total. The van der Waals surface area contributed by atoms with Gasteiger partial charge >= 0.3 is 5.97 Å². The van der Waals surface area contributed by atoms with Gasteiger partial charge in [0.05, 0.1) is 18.4 Å². The van der Waals surface area contributed by atoms with E-state index in [0.29, 0.717) is 22.0 Å². The molecule has 0 aliphatic rings. The van der Waals surface area contributed by atoms with Gasteiger partial charge in [-0.2, -0.15) is 0 Å². The van der Waals surface area contributed by atoms with Crippen LogP contribution in [0.1, 0.15) is 15.9 Å². The highest BCUT2D eigenvalue weighted by Gasteiger charge is 2.13. The van der Waals surface area contributed by atoms with Crippen molar-refractivity contribution in [1.29, 1.82) is 0 Å². The molecular weight excluding hydrogens is 281 g/mol. The number of esters is 1. The van der Waals surface area contributed by atoms with Crippen molar-refractivity contribution in [3.63, 3.8) is 0 Å². The smallest absolute Gasteiger partial charge is 0.340 e. The monoisotopic (exact) mass is 293 g/mol. The van der Waals surface area contributed by atoms with E-state index in [1.54, 1.807) is 25.1 Å². The molecule has 0 atom stereocenters. The lowest BCUT2D eigenvalue weighted by atomic mass is 10.1. The summed E-state index contributed by atoms with van der Waals surface area (Å²) in [6.07, 6.45) is 0. The second-order valence-corrected chi connectivity index (χ2v) is 4.70. The molecule has 1 N–H and O–H groups in total. The Morgan fingerprint density at radius 2 is 1.90 bits per heavy atom. The average molecular weight is 294 g/mol. The maximum Gasteiger partial charge on any atom is 0.340 e. The molecule has 0 spiro atoms. The van der Waals surface area contributed by atoms with E-state index in [2.05, 4.69) is 5.32 Å². The number of rotatable bonds is 3. The molecular formula is C15H13ClFNO2. The minimum Gasteiger partial charge on any atom is -0.465 e. The number of halogens is 2. The molecule has 0 amide bonds. The summed E-state index contributed by atoms with van der Waals surface area (Å²) in [4.78, 5) is 11.7. The number of hydrogen-bond donors (Lipinski definition) is 1. The highest BCUT2D eigenvalue weighted by atomic mass is 35.5. The van der Waals surface area contributed by atoms with Gasteiger partial charge in [0.15, 0.2) is 0 Å². The van der Waals surface area contributed by atoms with E-state index >= 15 is 0 Å². The number of aryl methyl sites for hydroxylation is 1. The van der Waals surface area contributed by atoms with Crippen LogP contribution in [-0.4, -0.2) is 13.1 Å². The molecule has 0 unspecified atom stereocenters. The van der Waals surface area contributed by atoms with E-state index in [9.17, 15) is 9.18 Å². The normalized spacial score (nSPS) is 10.2. The topological polar surface area (TPSA) is 38.3 Å². The lowest BCUT2D eigenvalue weighted by Crippen LogP contribution is -2.06. The van der Waals surface area contributed by atoms with Gasteiger partial charge in [0.25, 0.3) is 0 Å². The van der Waals surface area contributed by atoms with Crippen molar-refractivity contribution in [3.8, 4) is 0 Å². The largest absolute Gasteiger partial charge is 0.465 e. The minimum absolute atomic E-state index is 0.308. The van der Waals surface area contributed by atoms with Crippen molar-refractivity contribution < 1.29 is 13.9 Å². The number of anilines is 2. The van der Waals surface area contributed by atoms with Crippen LogP contribution in [0.5, 0.6) is 0 Å². The Morgan fingerprint density at radius 3 is 2.55 bits per heavy atom. The molecule has 2 rings (SSSR count). The van der Waals surface area contributed by atoms with Crippen molar-refractivity contribution in [2.45, 2.75) is 6.92 Å². The average Bonchev–Trinajstić information content (AvgIpc) is 2.42. The lowest BCUT2D eigenvalue weighted by Gasteiger charge is -2.13. The summed E-state index contributed by atoms with van der Waals surface area (Å²) in [6, 6.07) is 9.24. The van der Waals surface area contributed by atoms with Crippen LogP contribution >= 0.6 is 11.6 Å². The Morgan fingerprint density at radius 1 is 1.20 bits per heavy atom. The number of ether oxygens (including phenoxy) is 1. The van der Waals surface area contributed by atoms with Crippen LogP contribution in [0.2, 0.25) is 5.02 Å². The molecule has 0 fully saturated rings. The first kappa shape index (κ1) is 14.3. The standard InChI is InChI=1S/C15H13ClFNO2/c1-9-7-11(17)4-6-13(9)18-14-5-3-10(16)8-12(14)15(19)20-2/h3-8,18H,1-2H3. The second-order valence-electron chi connectivity index (χ2n) is 4.27. The van der Waals surface area contributed by atoms with Crippen molar-refractivity contribution in [1.82, 2.24) is 0 Å². The highest BCUT2D eigenvalue weighted by molar-refractivity contribution is 6.31. The van der Waals surface area contributed by atoms with Gasteiger partial charge in [0.2, 0.25) is 0 Å². The van der Waals surface area contributed by atoms with E-state index < -0.39 is 5.97 Å². The number of carbonyl (C=O) groups is 1. The van der Waals surface area contributed by atoms with E-state index in [1.807, 2.05) is 0 Å². The zero-order chi connectivity index (χ0) is 14.7. The predicted molar refractivity (Wildman–Crippen MR) is 77.2 cm³/mol. The van der Waals surface area contributed by atoms with Crippen LogP contribution in [-0.2, 0) is 4.74 Å². The summed E-state index contributed by atoms with van der Waals surface area (Å²) >= 11 is 5.89. The first-order chi connectivity index (χ1) is 9.51. The second kappa shape index (κ2) is 5.92. The Bertz CT molecular complexity index is 658. The molecule has 0 heterocycles. The van der Waals surface area contributed by atoms with E-state index in [4.69, 9.17) is 16.3 Å². The maximum absolute atomic E-state index is 13.1. The molecule has 0 aromatic heterocycles. The van der Waals surface area contributed by atoms with Crippen molar-refractivity contribution >= 4 is 28.9 Å². The van der Waals surface area contributed by atoms with E-state index in [1.165, 1.54) is 25.3 Å². The molecule has 0 aliphatic carbocycles. The van der Waals surface area contributed by atoms with E-state index in [-0.39, 0.29) is 5.82 Å². The zero-order valence-corrected chi connectivity index (χ0v) is 11.8. The fourth-order valence-electron chi connectivity index (χ4n) is 1.82. The van der Waals surface area contributed by atoms with Crippen molar-refractivity contribution in [2.24, 2.45) is 0 Å². The lowest BCUT2D eigenvalue weighted by molar-refractivity contribution is 0.0602. The molecule has 104 valence electrons. The zero-order valence-electron chi connectivity index (χ0n) is 11.0. The summed E-state index contributed by atoms with van der Waals surface area (Å²) in [6.45, 7) is 1.78. The molecule has 0 bridgehead atoms. The van der Waals surface area contributed by atoms with Crippen LogP contribution in [0.25, 0.3) is 0 Å². The molecule has 0 aliphatic heterocycles. The van der Waals surface area contributed by atoms with Gasteiger partial charge in [-0.25, -0.2) is 9.18 Å². The third-order valence-corrected chi connectivity index (χ3v) is 3.08. The van der Waals surface area contributed by atoms with Crippen LogP contribution in [0, 0.1) is 12.7 Å². The van der Waals surface area contributed by atoms with Gasteiger partial charge in [0.1, 0.15) is 5.82 Å². The Balaban J connectivity index is 2.40. The Labute approximate surface area is 121 Å². The number of nitrogens with one attached hydrogen (secondary N) is 1. The first-order valence-corrected chi connectivity index (χ1v) is 6.30. The number of benzene rings is 2. The van der Waals surface area contributed by atoms with E-state index in [0.717, 1.165) is 5.56 Å². The van der Waals surface area contributed by atoms with Gasteiger partial charge in [-0.15, -0.1) is 0 Å². The maximum atomic E-state index is 13.1. The Kier molecular flexibility index (Phi) is 4.25. The van der Waals surface area contributed by atoms with Gasteiger partial charge in [-0.05, 0) is 48.9 Å². The fourth-order valence-corrected chi connectivity index (χ4v) is 1.99. The summed E-state index contributed by atoms with van der Waals surface area (Å²) in [5.74, 6) is -0.799.